The fraction of sp³-hybridized carbons (Fsp3) is 0.818. The van der Waals surface area contributed by atoms with Crippen LogP contribution in [0.5, 0.6) is 0 Å². The molecule has 0 unspecified atom stereocenters. The Bertz CT molecular complexity index is 384. The van der Waals surface area contributed by atoms with Gasteiger partial charge in [0.1, 0.15) is 6.33 Å². The van der Waals surface area contributed by atoms with Gasteiger partial charge in [-0.05, 0) is 44.1 Å². The molecule has 0 fully saturated rings. The predicted molar refractivity (Wildman–Crippen MR) is 106 cm³/mol. The molecule has 0 N–H and O–H groups in total. The zero-order valence-corrected chi connectivity index (χ0v) is 16.6. The maximum atomic E-state index is 4.67. The minimum absolute atomic E-state index is 1.15. The van der Waals surface area contributed by atoms with E-state index in [9.17, 15) is 0 Å². The molecule has 0 aliphatic rings. The van der Waals surface area contributed by atoms with Crippen LogP contribution in [0.4, 0.5) is 0 Å². The monoisotopic (exact) mass is 332 g/mol. The molecule has 1 heterocycles. The molecule has 0 aromatic carbocycles. The van der Waals surface area contributed by atoms with E-state index in [0.717, 1.165) is 12.8 Å². The first kappa shape index (κ1) is 21.1. The van der Waals surface area contributed by atoms with Crippen molar-refractivity contribution in [1.29, 1.82) is 0 Å². The third kappa shape index (κ3) is 8.80. The Morgan fingerprint density at radius 2 is 0.958 bits per heavy atom. The number of aromatic nitrogens is 2. The van der Waals surface area contributed by atoms with Crippen LogP contribution in [0, 0.1) is 0 Å². The largest absolute Gasteiger partial charge is 0.241 e. The molecule has 0 saturated heterocycles. The highest BCUT2D eigenvalue weighted by Gasteiger charge is 2.11. The van der Waals surface area contributed by atoms with Crippen LogP contribution < -0.4 is 0 Å². The third-order valence-electron chi connectivity index (χ3n) is 4.94. The van der Waals surface area contributed by atoms with E-state index in [-0.39, 0.29) is 0 Å². The minimum Gasteiger partial charge on any atom is -0.241 e. The molecule has 1 aromatic rings. The zero-order chi connectivity index (χ0) is 17.5. The van der Waals surface area contributed by atoms with Crippen LogP contribution in [0.3, 0.4) is 0 Å². The molecule has 0 aliphatic heterocycles. The van der Waals surface area contributed by atoms with E-state index >= 15 is 0 Å². The van der Waals surface area contributed by atoms with Gasteiger partial charge in [0.05, 0.1) is 0 Å². The van der Waals surface area contributed by atoms with Gasteiger partial charge < -0.3 is 0 Å². The van der Waals surface area contributed by atoms with E-state index in [1.807, 2.05) is 6.33 Å². The Morgan fingerprint density at radius 3 is 1.38 bits per heavy atom. The molecular formula is C22H40N2. The molecule has 0 aliphatic carbocycles. The molecule has 0 atom stereocenters. The van der Waals surface area contributed by atoms with Crippen molar-refractivity contribution in [1.82, 2.24) is 9.97 Å². The quantitative estimate of drug-likeness (QED) is 0.328. The number of unbranched alkanes of at least 4 members (excludes halogenated alkanes) is 9. The summed E-state index contributed by atoms with van der Waals surface area (Å²) in [5.74, 6) is 0. The Labute approximate surface area is 150 Å². The average Bonchev–Trinajstić information content (AvgIpc) is 2.60. The van der Waals surface area contributed by atoms with E-state index in [0.29, 0.717) is 0 Å². The van der Waals surface area contributed by atoms with E-state index in [4.69, 9.17) is 0 Å². The number of nitrogens with zero attached hydrogens (tertiary/aromatic N) is 2. The maximum Gasteiger partial charge on any atom is 0.115 e. The minimum atomic E-state index is 1.15. The second-order valence-electron chi connectivity index (χ2n) is 7.18. The standard InChI is InChI=1S/C22H40N2/c1-4-7-10-13-16-20-21(17-14-11-8-5-2)23-19-24-22(20)18-15-12-9-6-3/h19H,4-18H2,1-3H3. The summed E-state index contributed by atoms with van der Waals surface area (Å²) in [5, 5.41) is 0. The average molecular weight is 333 g/mol. The van der Waals surface area contributed by atoms with E-state index in [1.54, 1.807) is 0 Å². The molecule has 0 amide bonds. The summed E-state index contributed by atoms with van der Waals surface area (Å²) in [6.07, 6.45) is 21.1. The predicted octanol–water partition coefficient (Wildman–Crippen LogP) is 6.85. The molecular weight excluding hydrogens is 292 g/mol. The second kappa shape index (κ2) is 14.4. The van der Waals surface area contributed by atoms with Gasteiger partial charge in [-0.1, -0.05) is 78.6 Å². The number of aryl methyl sites for hydroxylation is 2. The lowest BCUT2D eigenvalue weighted by atomic mass is 9.97. The summed E-state index contributed by atoms with van der Waals surface area (Å²) in [7, 11) is 0. The Hall–Kier alpha value is -0.920. The SMILES string of the molecule is CCCCCCc1ncnc(CCCCCC)c1CCCCCC. The van der Waals surface area contributed by atoms with Crippen LogP contribution in [0.2, 0.25) is 0 Å². The summed E-state index contributed by atoms with van der Waals surface area (Å²) in [4.78, 5) is 9.34. The van der Waals surface area contributed by atoms with Gasteiger partial charge in [0, 0.05) is 11.4 Å². The first-order valence-electron chi connectivity index (χ1n) is 10.6. The Morgan fingerprint density at radius 1 is 0.542 bits per heavy atom. The number of rotatable bonds is 15. The molecule has 0 saturated carbocycles. The van der Waals surface area contributed by atoms with Gasteiger partial charge in [-0.2, -0.15) is 0 Å². The molecule has 2 nitrogen and oxygen atoms in total. The summed E-state index contributed by atoms with van der Waals surface area (Å²) < 4.78 is 0. The fourth-order valence-corrected chi connectivity index (χ4v) is 3.38. The molecule has 1 rings (SSSR count). The summed E-state index contributed by atoms with van der Waals surface area (Å²) in [6, 6.07) is 0. The lowest BCUT2D eigenvalue weighted by Gasteiger charge is -2.13. The zero-order valence-electron chi connectivity index (χ0n) is 16.6. The fourth-order valence-electron chi connectivity index (χ4n) is 3.38. The van der Waals surface area contributed by atoms with Crippen molar-refractivity contribution in [2.24, 2.45) is 0 Å². The van der Waals surface area contributed by atoms with Crippen LogP contribution in [-0.4, -0.2) is 9.97 Å². The molecule has 0 bridgehead atoms. The first-order valence-corrected chi connectivity index (χ1v) is 10.6. The third-order valence-corrected chi connectivity index (χ3v) is 4.94. The summed E-state index contributed by atoms with van der Waals surface area (Å²) in [6.45, 7) is 6.83. The van der Waals surface area contributed by atoms with Crippen molar-refractivity contribution in [2.45, 2.75) is 117 Å². The van der Waals surface area contributed by atoms with Gasteiger partial charge in [0.25, 0.3) is 0 Å². The smallest absolute Gasteiger partial charge is 0.115 e. The van der Waals surface area contributed by atoms with Crippen molar-refractivity contribution in [2.75, 3.05) is 0 Å². The Kier molecular flexibility index (Phi) is 12.7. The summed E-state index contributed by atoms with van der Waals surface area (Å²) in [5.41, 5.74) is 4.20. The Balaban J connectivity index is 2.67. The van der Waals surface area contributed by atoms with Crippen molar-refractivity contribution in [3.05, 3.63) is 23.3 Å². The van der Waals surface area contributed by atoms with Gasteiger partial charge in [-0.25, -0.2) is 9.97 Å². The molecule has 24 heavy (non-hydrogen) atoms. The highest BCUT2D eigenvalue weighted by molar-refractivity contribution is 5.25. The highest BCUT2D eigenvalue weighted by atomic mass is 14.8. The van der Waals surface area contributed by atoms with E-state index in [1.165, 1.54) is 100 Å². The van der Waals surface area contributed by atoms with Gasteiger partial charge in [-0.15, -0.1) is 0 Å². The van der Waals surface area contributed by atoms with Crippen LogP contribution in [0.25, 0.3) is 0 Å². The van der Waals surface area contributed by atoms with Crippen LogP contribution in [-0.2, 0) is 19.3 Å². The second-order valence-corrected chi connectivity index (χ2v) is 7.18. The van der Waals surface area contributed by atoms with Crippen molar-refractivity contribution in [3.8, 4) is 0 Å². The molecule has 0 spiro atoms. The van der Waals surface area contributed by atoms with Crippen molar-refractivity contribution >= 4 is 0 Å². The van der Waals surface area contributed by atoms with Crippen molar-refractivity contribution < 1.29 is 0 Å². The number of hydrogen-bond acceptors (Lipinski definition) is 2. The number of hydrogen-bond donors (Lipinski definition) is 0. The lowest BCUT2D eigenvalue weighted by molar-refractivity contribution is 0.625. The first-order chi connectivity index (χ1) is 11.8. The van der Waals surface area contributed by atoms with Gasteiger partial charge in [0.15, 0.2) is 0 Å². The summed E-state index contributed by atoms with van der Waals surface area (Å²) >= 11 is 0. The molecule has 1 aromatic heterocycles. The molecule has 138 valence electrons. The van der Waals surface area contributed by atoms with Gasteiger partial charge in [-0.3, -0.25) is 0 Å². The van der Waals surface area contributed by atoms with Crippen molar-refractivity contribution in [3.63, 3.8) is 0 Å². The van der Waals surface area contributed by atoms with Crippen LogP contribution in [0.1, 0.15) is 115 Å². The molecule has 0 radical (unpaired) electrons. The van der Waals surface area contributed by atoms with Gasteiger partial charge >= 0.3 is 0 Å². The lowest BCUT2D eigenvalue weighted by Crippen LogP contribution is -2.07. The highest BCUT2D eigenvalue weighted by Crippen LogP contribution is 2.19. The van der Waals surface area contributed by atoms with Crippen LogP contribution in [0.15, 0.2) is 6.33 Å². The van der Waals surface area contributed by atoms with Gasteiger partial charge in [0.2, 0.25) is 0 Å². The topological polar surface area (TPSA) is 25.8 Å². The normalized spacial score (nSPS) is 11.1. The maximum absolute atomic E-state index is 4.67. The molecule has 2 heteroatoms. The van der Waals surface area contributed by atoms with Crippen LogP contribution >= 0.6 is 0 Å². The van der Waals surface area contributed by atoms with E-state index in [2.05, 4.69) is 30.7 Å². The van der Waals surface area contributed by atoms with E-state index < -0.39 is 0 Å².